The van der Waals surface area contributed by atoms with Crippen LogP contribution in [0.4, 0.5) is 0 Å². The Morgan fingerprint density at radius 3 is 2.37 bits per heavy atom. The maximum absolute atomic E-state index is 11.4. The predicted octanol–water partition coefficient (Wildman–Crippen LogP) is 1.66. The minimum absolute atomic E-state index is 0.0179. The lowest BCUT2D eigenvalue weighted by Crippen LogP contribution is -2.32. The first-order valence-electron chi connectivity index (χ1n) is 6.72. The quantitative estimate of drug-likeness (QED) is 0.730. The fraction of sp³-hybridized carbons (Fsp3) is 0.467. The van der Waals surface area contributed by atoms with Crippen molar-refractivity contribution in [3.05, 3.63) is 35.9 Å². The van der Waals surface area contributed by atoms with Crippen molar-refractivity contribution in [1.29, 1.82) is 0 Å². The molecule has 19 heavy (non-hydrogen) atoms. The van der Waals surface area contributed by atoms with Gasteiger partial charge in [0.25, 0.3) is 0 Å². The van der Waals surface area contributed by atoms with E-state index >= 15 is 0 Å². The average molecular weight is 260 g/mol. The van der Waals surface area contributed by atoms with E-state index in [1.807, 2.05) is 18.2 Å². The summed E-state index contributed by atoms with van der Waals surface area (Å²) in [6.07, 6.45) is 1.61. The molecule has 0 N–H and O–H groups in total. The van der Waals surface area contributed by atoms with Crippen LogP contribution in [0.15, 0.2) is 30.3 Å². The summed E-state index contributed by atoms with van der Waals surface area (Å²) in [6.45, 7) is 2.32. The topological polar surface area (TPSA) is 40.6 Å². The number of hydrogen-bond acceptors (Lipinski definition) is 3. The lowest BCUT2D eigenvalue weighted by molar-refractivity contribution is -0.138. The number of benzene rings is 1. The van der Waals surface area contributed by atoms with Gasteiger partial charge in [0.2, 0.25) is 11.8 Å². The standard InChI is InChI=1S/C15H20N2O2/c1-16(12-13-6-3-2-4-7-13)10-5-11-17-14(18)8-9-15(17)19/h2-4,6-7H,5,8-12H2,1H3. The van der Waals surface area contributed by atoms with Gasteiger partial charge in [-0.2, -0.15) is 0 Å². The highest BCUT2D eigenvalue weighted by molar-refractivity contribution is 6.01. The molecule has 4 nitrogen and oxygen atoms in total. The van der Waals surface area contributed by atoms with Crippen molar-refractivity contribution in [2.45, 2.75) is 25.8 Å². The maximum Gasteiger partial charge on any atom is 0.229 e. The van der Waals surface area contributed by atoms with E-state index in [9.17, 15) is 9.59 Å². The van der Waals surface area contributed by atoms with E-state index in [1.54, 1.807) is 0 Å². The minimum atomic E-state index is -0.0179. The van der Waals surface area contributed by atoms with E-state index < -0.39 is 0 Å². The first-order valence-corrected chi connectivity index (χ1v) is 6.72. The van der Waals surface area contributed by atoms with E-state index in [0.29, 0.717) is 19.4 Å². The van der Waals surface area contributed by atoms with Crippen molar-refractivity contribution >= 4 is 11.8 Å². The number of nitrogens with zero attached hydrogens (tertiary/aromatic N) is 2. The molecule has 1 aromatic rings. The lowest BCUT2D eigenvalue weighted by atomic mass is 10.2. The third kappa shape index (κ3) is 3.89. The summed E-state index contributed by atoms with van der Waals surface area (Å²) in [7, 11) is 2.06. The Hall–Kier alpha value is -1.68. The first kappa shape index (κ1) is 13.7. The molecule has 1 saturated heterocycles. The van der Waals surface area contributed by atoms with Crippen molar-refractivity contribution in [3.8, 4) is 0 Å². The zero-order chi connectivity index (χ0) is 13.7. The second-order valence-electron chi connectivity index (χ2n) is 5.02. The SMILES string of the molecule is CN(CCCN1C(=O)CCC1=O)Cc1ccccc1. The highest BCUT2D eigenvalue weighted by Gasteiger charge is 2.27. The zero-order valence-electron chi connectivity index (χ0n) is 11.3. The Bertz CT molecular complexity index is 429. The Kier molecular flexibility index (Phi) is 4.68. The summed E-state index contributed by atoms with van der Waals surface area (Å²) in [6, 6.07) is 10.3. The largest absolute Gasteiger partial charge is 0.302 e. The van der Waals surface area contributed by atoms with Crippen LogP contribution in [0.2, 0.25) is 0 Å². The molecule has 1 heterocycles. The molecule has 2 amide bonds. The van der Waals surface area contributed by atoms with Gasteiger partial charge in [-0.05, 0) is 25.6 Å². The minimum Gasteiger partial charge on any atom is -0.302 e. The second-order valence-corrected chi connectivity index (χ2v) is 5.02. The number of imide groups is 1. The van der Waals surface area contributed by atoms with Gasteiger partial charge in [0.05, 0.1) is 0 Å². The molecule has 0 atom stereocenters. The molecule has 1 aliphatic heterocycles. The summed E-state index contributed by atoms with van der Waals surface area (Å²) < 4.78 is 0. The Morgan fingerprint density at radius 2 is 1.74 bits per heavy atom. The zero-order valence-corrected chi connectivity index (χ0v) is 11.3. The van der Waals surface area contributed by atoms with Gasteiger partial charge < -0.3 is 4.90 Å². The highest BCUT2D eigenvalue weighted by Crippen LogP contribution is 2.12. The van der Waals surface area contributed by atoms with Crippen LogP contribution in [0.1, 0.15) is 24.8 Å². The molecule has 1 aromatic carbocycles. The third-order valence-electron chi connectivity index (χ3n) is 3.37. The molecule has 0 aliphatic carbocycles. The molecule has 0 unspecified atom stereocenters. The summed E-state index contributed by atoms with van der Waals surface area (Å²) in [4.78, 5) is 26.5. The van der Waals surface area contributed by atoms with Gasteiger partial charge in [-0.25, -0.2) is 0 Å². The summed E-state index contributed by atoms with van der Waals surface area (Å²) >= 11 is 0. The summed E-state index contributed by atoms with van der Waals surface area (Å²) in [5, 5.41) is 0. The Labute approximate surface area is 114 Å². The van der Waals surface area contributed by atoms with E-state index in [-0.39, 0.29) is 11.8 Å². The monoisotopic (exact) mass is 260 g/mol. The van der Waals surface area contributed by atoms with Crippen molar-refractivity contribution in [1.82, 2.24) is 9.80 Å². The molecule has 102 valence electrons. The van der Waals surface area contributed by atoms with Crippen molar-refractivity contribution < 1.29 is 9.59 Å². The van der Waals surface area contributed by atoms with E-state index in [2.05, 4.69) is 24.1 Å². The number of rotatable bonds is 6. The lowest BCUT2D eigenvalue weighted by Gasteiger charge is -2.19. The number of amides is 2. The molecule has 0 radical (unpaired) electrons. The highest BCUT2D eigenvalue weighted by atomic mass is 16.2. The molecule has 0 spiro atoms. The van der Waals surface area contributed by atoms with Gasteiger partial charge in [0.15, 0.2) is 0 Å². The Balaban J connectivity index is 1.71. The van der Waals surface area contributed by atoms with E-state index in [4.69, 9.17) is 0 Å². The maximum atomic E-state index is 11.4. The van der Waals surface area contributed by atoms with Crippen LogP contribution in [0.5, 0.6) is 0 Å². The summed E-state index contributed by atoms with van der Waals surface area (Å²) in [5.41, 5.74) is 1.28. The fourth-order valence-electron chi connectivity index (χ4n) is 2.35. The molecule has 0 saturated carbocycles. The Morgan fingerprint density at radius 1 is 1.11 bits per heavy atom. The van der Waals surface area contributed by atoms with Crippen LogP contribution >= 0.6 is 0 Å². The fourth-order valence-corrected chi connectivity index (χ4v) is 2.35. The molecule has 1 aliphatic rings. The molecule has 2 rings (SSSR count). The van der Waals surface area contributed by atoms with Crippen LogP contribution in [0, 0.1) is 0 Å². The summed E-state index contributed by atoms with van der Waals surface area (Å²) in [5.74, 6) is -0.0357. The van der Waals surface area contributed by atoms with Crippen molar-refractivity contribution in [2.24, 2.45) is 0 Å². The van der Waals surface area contributed by atoms with Gasteiger partial charge in [0.1, 0.15) is 0 Å². The van der Waals surface area contributed by atoms with Gasteiger partial charge in [-0.1, -0.05) is 30.3 Å². The predicted molar refractivity (Wildman–Crippen MR) is 73.3 cm³/mol. The van der Waals surface area contributed by atoms with Crippen LogP contribution in [-0.2, 0) is 16.1 Å². The van der Waals surface area contributed by atoms with Gasteiger partial charge in [0, 0.05) is 25.9 Å². The van der Waals surface area contributed by atoms with Crippen LogP contribution in [0.25, 0.3) is 0 Å². The molecule has 0 bridgehead atoms. The van der Waals surface area contributed by atoms with Crippen LogP contribution in [0.3, 0.4) is 0 Å². The molecular weight excluding hydrogens is 240 g/mol. The van der Waals surface area contributed by atoms with Crippen LogP contribution in [-0.4, -0.2) is 41.8 Å². The van der Waals surface area contributed by atoms with Gasteiger partial charge in [-0.15, -0.1) is 0 Å². The van der Waals surface area contributed by atoms with Crippen molar-refractivity contribution in [3.63, 3.8) is 0 Å². The van der Waals surface area contributed by atoms with Crippen molar-refractivity contribution in [2.75, 3.05) is 20.1 Å². The molecule has 1 fully saturated rings. The molecular formula is C15H20N2O2. The smallest absolute Gasteiger partial charge is 0.229 e. The van der Waals surface area contributed by atoms with Crippen LogP contribution < -0.4 is 0 Å². The molecule has 4 heteroatoms. The van der Waals surface area contributed by atoms with E-state index in [1.165, 1.54) is 10.5 Å². The first-order chi connectivity index (χ1) is 9.16. The average Bonchev–Trinajstić information content (AvgIpc) is 2.71. The van der Waals surface area contributed by atoms with Gasteiger partial charge >= 0.3 is 0 Å². The van der Waals surface area contributed by atoms with Gasteiger partial charge in [-0.3, -0.25) is 14.5 Å². The second kappa shape index (κ2) is 6.48. The number of carbonyl (C=O) groups excluding carboxylic acids is 2. The number of hydrogen-bond donors (Lipinski definition) is 0. The van der Waals surface area contributed by atoms with E-state index in [0.717, 1.165) is 19.5 Å². The third-order valence-corrected chi connectivity index (χ3v) is 3.37. The number of likely N-dealkylation sites (tertiary alicyclic amines) is 1. The molecule has 0 aromatic heterocycles. The number of carbonyl (C=O) groups is 2. The normalized spacial score (nSPS) is 15.6.